The number of fused-ring (bicyclic) bond motifs is 1. The van der Waals surface area contributed by atoms with Crippen LogP contribution in [0.1, 0.15) is 11.1 Å². The van der Waals surface area contributed by atoms with Crippen molar-refractivity contribution in [3.63, 3.8) is 0 Å². The lowest BCUT2D eigenvalue weighted by molar-refractivity contribution is -0.137. The average molecular weight is 276 g/mol. The Kier molecular flexibility index (Phi) is 2.78. The standard InChI is InChI=1S/C15H11F3N2/c1-10-3-2-8-20-9-13(19-14(10)20)11-4-6-12(7-5-11)15(16,17)18/h2-9H,1H3. The van der Waals surface area contributed by atoms with Crippen molar-refractivity contribution in [1.82, 2.24) is 9.38 Å². The van der Waals surface area contributed by atoms with Gasteiger partial charge in [0.25, 0.3) is 0 Å². The molecule has 0 bridgehead atoms. The minimum absolute atomic E-state index is 0.652. The van der Waals surface area contributed by atoms with E-state index in [1.165, 1.54) is 12.1 Å². The van der Waals surface area contributed by atoms with Gasteiger partial charge in [-0.15, -0.1) is 0 Å². The molecule has 0 aliphatic rings. The highest BCUT2D eigenvalue weighted by Gasteiger charge is 2.30. The van der Waals surface area contributed by atoms with E-state index >= 15 is 0 Å². The molecule has 102 valence electrons. The first-order valence-electron chi connectivity index (χ1n) is 6.07. The summed E-state index contributed by atoms with van der Waals surface area (Å²) in [5, 5.41) is 0. The second kappa shape index (κ2) is 4.37. The molecule has 0 N–H and O–H groups in total. The molecule has 2 heterocycles. The van der Waals surface area contributed by atoms with Gasteiger partial charge < -0.3 is 4.40 Å². The fraction of sp³-hybridized carbons (Fsp3) is 0.133. The molecule has 3 aromatic rings. The number of nitrogens with zero attached hydrogens (tertiary/aromatic N) is 2. The van der Waals surface area contributed by atoms with Gasteiger partial charge in [0.05, 0.1) is 11.3 Å². The van der Waals surface area contributed by atoms with Crippen LogP contribution in [-0.2, 0) is 6.18 Å². The van der Waals surface area contributed by atoms with E-state index < -0.39 is 11.7 Å². The number of aromatic nitrogens is 2. The Morgan fingerprint density at radius 2 is 1.75 bits per heavy atom. The largest absolute Gasteiger partial charge is 0.416 e. The zero-order valence-electron chi connectivity index (χ0n) is 10.6. The van der Waals surface area contributed by atoms with Gasteiger partial charge in [-0.2, -0.15) is 13.2 Å². The fourth-order valence-corrected chi connectivity index (χ4v) is 2.12. The van der Waals surface area contributed by atoms with Crippen molar-refractivity contribution in [2.45, 2.75) is 13.1 Å². The van der Waals surface area contributed by atoms with E-state index in [2.05, 4.69) is 4.98 Å². The molecule has 5 heteroatoms. The van der Waals surface area contributed by atoms with E-state index in [1.807, 2.05) is 35.9 Å². The summed E-state index contributed by atoms with van der Waals surface area (Å²) in [6.45, 7) is 1.94. The van der Waals surface area contributed by atoms with Gasteiger partial charge in [-0.1, -0.05) is 18.2 Å². The molecule has 0 saturated carbocycles. The maximum absolute atomic E-state index is 12.5. The summed E-state index contributed by atoms with van der Waals surface area (Å²) >= 11 is 0. The number of imidazole rings is 1. The number of hydrogen-bond acceptors (Lipinski definition) is 1. The maximum Gasteiger partial charge on any atom is 0.416 e. The van der Waals surface area contributed by atoms with Gasteiger partial charge in [0.15, 0.2) is 0 Å². The van der Waals surface area contributed by atoms with Crippen molar-refractivity contribution >= 4 is 5.65 Å². The van der Waals surface area contributed by atoms with E-state index in [4.69, 9.17) is 0 Å². The zero-order valence-corrected chi connectivity index (χ0v) is 10.6. The van der Waals surface area contributed by atoms with Gasteiger partial charge in [0.1, 0.15) is 5.65 Å². The van der Waals surface area contributed by atoms with Crippen molar-refractivity contribution < 1.29 is 13.2 Å². The molecule has 2 nitrogen and oxygen atoms in total. The van der Waals surface area contributed by atoms with Gasteiger partial charge in [0, 0.05) is 18.0 Å². The van der Waals surface area contributed by atoms with Crippen molar-refractivity contribution in [3.05, 3.63) is 59.9 Å². The van der Waals surface area contributed by atoms with Gasteiger partial charge in [-0.25, -0.2) is 4.98 Å². The number of rotatable bonds is 1. The first-order valence-corrected chi connectivity index (χ1v) is 6.07. The Labute approximate surface area is 113 Å². The first kappa shape index (κ1) is 12.7. The maximum atomic E-state index is 12.5. The topological polar surface area (TPSA) is 17.3 Å². The second-order valence-electron chi connectivity index (χ2n) is 4.62. The Morgan fingerprint density at radius 1 is 1.05 bits per heavy atom. The summed E-state index contributed by atoms with van der Waals surface area (Å²) in [4.78, 5) is 4.46. The van der Waals surface area contributed by atoms with Crippen molar-refractivity contribution in [2.24, 2.45) is 0 Å². The van der Waals surface area contributed by atoms with E-state index in [1.54, 1.807) is 0 Å². The first-order chi connectivity index (χ1) is 9.45. The molecule has 0 unspecified atom stereocenters. The number of pyridine rings is 1. The van der Waals surface area contributed by atoms with Crippen LogP contribution in [0.15, 0.2) is 48.8 Å². The van der Waals surface area contributed by atoms with E-state index in [9.17, 15) is 13.2 Å². The smallest absolute Gasteiger partial charge is 0.306 e. The summed E-state index contributed by atoms with van der Waals surface area (Å²) in [5.74, 6) is 0. The van der Waals surface area contributed by atoms with Crippen LogP contribution in [0, 0.1) is 6.92 Å². The van der Waals surface area contributed by atoms with Crippen LogP contribution in [0.4, 0.5) is 13.2 Å². The van der Waals surface area contributed by atoms with Crippen LogP contribution in [0.25, 0.3) is 16.9 Å². The highest BCUT2D eigenvalue weighted by Crippen LogP contribution is 2.30. The van der Waals surface area contributed by atoms with Crippen molar-refractivity contribution in [1.29, 1.82) is 0 Å². The molecule has 0 spiro atoms. The van der Waals surface area contributed by atoms with E-state index in [-0.39, 0.29) is 0 Å². The lowest BCUT2D eigenvalue weighted by Gasteiger charge is -2.06. The third-order valence-corrected chi connectivity index (χ3v) is 3.19. The number of benzene rings is 1. The second-order valence-corrected chi connectivity index (χ2v) is 4.62. The zero-order chi connectivity index (χ0) is 14.3. The number of hydrogen-bond donors (Lipinski definition) is 0. The summed E-state index contributed by atoms with van der Waals surface area (Å²) in [7, 11) is 0. The molecule has 20 heavy (non-hydrogen) atoms. The summed E-state index contributed by atoms with van der Waals surface area (Å²) in [6.07, 6.45) is -0.637. The van der Waals surface area contributed by atoms with Crippen molar-refractivity contribution in [2.75, 3.05) is 0 Å². The normalized spacial score (nSPS) is 12.0. The van der Waals surface area contributed by atoms with E-state index in [0.29, 0.717) is 11.3 Å². The molecule has 0 amide bonds. The molecule has 0 aliphatic carbocycles. The average Bonchev–Trinajstić information content (AvgIpc) is 2.83. The van der Waals surface area contributed by atoms with Crippen LogP contribution in [-0.4, -0.2) is 9.38 Å². The highest BCUT2D eigenvalue weighted by atomic mass is 19.4. The molecule has 0 aliphatic heterocycles. The molecule has 3 rings (SSSR count). The number of aryl methyl sites for hydroxylation is 1. The number of alkyl halides is 3. The van der Waals surface area contributed by atoms with Gasteiger partial charge in [-0.05, 0) is 30.7 Å². The number of halogens is 3. The summed E-state index contributed by atoms with van der Waals surface area (Å²) in [5.41, 5.74) is 2.50. The van der Waals surface area contributed by atoms with Crippen LogP contribution in [0.2, 0.25) is 0 Å². The molecule has 0 fully saturated rings. The summed E-state index contributed by atoms with van der Waals surface area (Å²) < 4.78 is 39.4. The van der Waals surface area contributed by atoms with Gasteiger partial charge in [-0.3, -0.25) is 0 Å². The molecule has 0 saturated heterocycles. The third kappa shape index (κ3) is 2.15. The molecule has 0 radical (unpaired) electrons. The Hall–Kier alpha value is -2.30. The molecular weight excluding hydrogens is 265 g/mol. The molecule has 0 atom stereocenters. The predicted molar refractivity (Wildman–Crippen MR) is 70.4 cm³/mol. The summed E-state index contributed by atoms with van der Waals surface area (Å²) in [6, 6.07) is 8.89. The molecule has 1 aromatic carbocycles. The Bertz CT molecular complexity index is 755. The highest BCUT2D eigenvalue weighted by molar-refractivity contribution is 5.64. The predicted octanol–water partition coefficient (Wildman–Crippen LogP) is 4.33. The van der Waals surface area contributed by atoms with Gasteiger partial charge >= 0.3 is 6.18 Å². The minimum Gasteiger partial charge on any atom is -0.306 e. The molecular formula is C15H11F3N2. The van der Waals surface area contributed by atoms with Crippen LogP contribution >= 0.6 is 0 Å². The third-order valence-electron chi connectivity index (χ3n) is 3.19. The lowest BCUT2D eigenvalue weighted by atomic mass is 10.1. The van der Waals surface area contributed by atoms with E-state index in [0.717, 1.165) is 23.3 Å². The lowest BCUT2D eigenvalue weighted by Crippen LogP contribution is -2.03. The Balaban J connectivity index is 2.05. The quantitative estimate of drug-likeness (QED) is 0.646. The minimum atomic E-state index is -4.31. The monoisotopic (exact) mass is 276 g/mol. The van der Waals surface area contributed by atoms with Crippen LogP contribution in [0.5, 0.6) is 0 Å². The fourth-order valence-electron chi connectivity index (χ4n) is 2.12. The van der Waals surface area contributed by atoms with Crippen LogP contribution < -0.4 is 0 Å². The van der Waals surface area contributed by atoms with Crippen LogP contribution in [0.3, 0.4) is 0 Å². The van der Waals surface area contributed by atoms with Crippen molar-refractivity contribution in [3.8, 4) is 11.3 Å². The molecule has 2 aromatic heterocycles. The van der Waals surface area contributed by atoms with Gasteiger partial charge in [0.2, 0.25) is 0 Å². The SMILES string of the molecule is Cc1cccn2cc(-c3ccc(C(F)(F)F)cc3)nc12. The Morgan fingerprint density at radius 3 is 2.35 bits per heavy atom.